The third kappa shape index (κ3) is 5.52. The monoisotopic (exact) mass is 528 g/mol. The van der Waals surface area contributed by atoms with Gasteiger partial charge in [-0.15, -0.1) is 0 Å². The van der Waals surface area contributed by atoms with Gasteiger partial charge in [0.1, 0.15) is 11.9 Å². The predicted octanol–water partition coefficient (Wildman–Crippen LogP) is 2.34. The number of carbonyl (C=O) groups is 3. The Hall–Kier alpha value is -3.31. The van der Waals surface area contributed by atoms with Crippen LogP contribution in [0.3, 0.4) is 0 Å². The number of piperidine rings is 2. The van der Waals surface area contributed by atoms with Crippen molar-refractivity contribution in [3.05, 3.63) is 64.5 Å². The Labute approximate surface area is 215 Å². The van der Waals surface area contributed by atoms with Crippen LogP contribution < -0.4 is 10.0 Å². The third-order valence-electron chi connectivity index (χ3n) is 7.35. The van der Waals surface area contributed by atoms with E-state index in [1.54, 1.807) is 12.1 Å². The van der Waals surface area contributed by atoms with Crippen LogP contribution in [-0.2, 0) is 32.7 Å². The van der Waals surface area contributed by atoms with Crippen LogP contribution in [0.1, 0.15) is 58.6 Å². The van der Waals surface area contributed by atoms with Crippen LogP contribution in [0, 0.1) is 5.82 Å². The number of carbonyl (C=O) groups excluding carboxylic acids is 3. The van der Waals surface area contributed by atoms with Crippen LogP contribution in [0.4, 0.5) is 10.1 Å². The molecular formula is C26H29FN4O5S. The molecule has 2 N–H and O–H groups in total. The molecule has 2 aromatic rings. The fourth-order valence-electron chi connectivity index (χ4n) is 5.57. The molecule has 3 heterocycles. The van der Waals surface area contributed by atoms with Crippen molar-refractivity contribution in [2.24, 2.45) is 0 Å². The second-order valence-corrected chi connectivity index (χ2v) is 11.8. The Kier molecular flexibility index (Phi) is 6.76. The number of amides is 3. The summed E-state index contributed by atoms with van der Waals surface area (Å²) < 4.78 is 39.8. The summed E-state index contributed by atoms with van der Waals surface area (Å²) in [6.45, 7) is 2.55. The second-order valence-electron chi connectivity index (χ2n) is 10.0. The second kappa shape index (κ2) is 9.86. The number of anilines is 1. The standard InChI is InChI=1S/C26H29FN4O5S/c1-37(35,36)29-19-4-2-16(3-5-19)14-30-10-8-17(9-11-30)20-12-18(27)13-21-22(20)15-31(26(21)34)23-6-7-24(32)28-25(23)33/h2-5,12-13,17,23,29H,6-11,14-15H2,1H3,(H,28,32,33). The van der Waals surface area contributed by atoms with E-state index in [2.05, 4.69) is 14.9 Å². The first-order valence-electron chi connectivity index (χ1n) is 12.3. The van der Waals surface area contributed by atoms with Gasteiger partial charge in [0, 0.05) is 30.8 Å². The lowest BCUT2D eigenvalue weighted by molar-refractivity contribution is -0.136. The minimum atomic E-state index is -3.32. The molecule has 196 valence electrons. The Bertz CT molecular complexity index is 1350. The van der Waals surface area contributed by atoms with E-state index < -0.39 is 27.8 Å². The number of nitrogens with one attached hydrogen (secondary N) is 2. The maximum atomic E-state index is 14.6. The van der Waals surface area contributed by atoms with Gasteiger partial charge >= 0.3 is 0 Å². The lowest BCUT2D eigenvalue weighted by Crippen LogP contribution is -2.52. The first-order chi connectivity index (χ1) is 17.6. The summed E-state index contributed by atoms with van der Waals surface area (Å²) in [5.74, 6) is -1.55. The van der Waals surface area contributed by atoms with Gasteiger partial charge in [-0.25, -0.2) is 12.8 Å². The molecule has 11 heteroatoms. The van der Waals surface area contributed by atoms with Crippen molar-refractivity contribution in [2.45, 2.75) is 50.7 Å². The maximum absolute atomic E-state index is 14.6. The van der Waals surface area contributed by atoms with Crippen molar-refractivity contribution in [2.75, 3.05) is 24.1 Å². The number of nitrogens with zero attached hydrogens (tertiary/aromatic N) is 2. The van der Waals surface area contributed by atoms with E-state index in [0.717, 1.165) is 55.4 Å². The molecule has 3 aliphatic heterocycles. The molecule has 0 bridgehead atoms. The van der Waals surface area contributed by atoms with Crippen LogP contribution in [0.5, 0.6) is 0 Å². The molecule has 0 spiro atoms. The first kappa shape index (κ1) is 25.3. The fourth-order valence-corrected chi connectivity index (χ4v) is 6.13. The summed E-state index contributed by atoms with van der Waals surface area (Å²) in [5.41, 5.74) is 3.50. The summed E-state index contributed by atoms with van der Waals surface area (Å²) in [5, 5.41) is 2.30. The van der Waals surface area contributed by atoms with Crippen molar-refractivity contribution in [3.8, 4) is 0 Å². The molecule has 3 amide bonds. The van der Waals surface area contributed by atoms with E-state index in [1.165, 1.54) is 17.0 Å². The van der Waals surface area contributed by atoms with Crippen LogP contribution in [0.25, 0.3) is 0 Å². The smallest absolute Gasteiger partial charge is 0.255 e. The van der Waals surface area contributed by atoms with E-state index >= 15 is 0 Å². The van der Waals surface area contributed by atoms with E-state index in [4.69, 9.17) is 0 Å². The van der Waals surface area contributed by atoms with Crippen LogP contribution in [0.2, 0.25) is 0 Å². The number of sulfonamides is 1. The molecule has 2 aromatic carbocycles. The highest BCUT2D eigenvalue weighted by atomic mass is 32.2. The minimum Gasteiger partial charge on any atom is -0.322 e. The summed E-state index contributed by atoms with van der Waals surface area (Å²) in [6, 6.07) is 9.32. The molecular weight excluding hydrogens is 499 g/mol. The highest BCUT2D eigenvalue weighted by molar-refractivity contribution is 7.92. The number of hydrogen-bond donors (Lipinski definition) is 2. The van der Waals surface area contributed by atoms with Gasteiger partial charge in [-0.2, -0.15) is 0 Å². The SMILES string of the molecule is CS(=O)(=O)Nc1ccc(CN2CCC(c3cc(F)cc4c3CN(C3CCC(=O)NC3=O)C4=O)CC2)cc1. The highest BCUT2D eigenvalue weighted by Crippen LogP contribution is 2.38. The highest BCUT2D eigenvalue weighted by Gasteiger charge is 2.41. The summed E-state index contributed by atoms with van der Waals surface area (Å²) in [6.07, 6.45) is 3.16. The molecule has 3 aliphatic rings. The number of rotatable bonds is 6. The maximum Gasteiger partial charge on any atom is 0.255 e. The predicted molar refractivity (Wildman–Crippen MR) is 135 cm³/mol. The van der Waals surface area contributed by atoms with Crippen molar-refractivity contribution >= 4 is 33.4 Å². The lowest BCUT2D eigenvalue weighted by atomic mass is 9.85. The lowest BCUT2D eigenvalue weighted by Gasteiger charge is -2.33. The average molecular weight is 529 g/mol. The zero-order chi connectivity index (χ0) is 26.3. The number of hydrogen-bond acceptors (Lipinski definition) is 6. The van der Waals surface area contributed by atoms with Gasteiger partial charge in [0.2, 0.25) is 21.8 Å². The van der Waals surface area contributed by atoms with Crippen LogP contribution in [-0.4, -0.2) is 61.3 Å². The van der Waals surface area contributed by atoms with Gasteiger partial charge < -0.3 is 4.90 Å². The Morgan fingerprint density at radius 2 is 1.76 bits per heavy atom. The number of fused-ring (bicyclic) bond motifs is 1. The largest absolute Gasteiger partial charge is 0.322 e. The van der Waals surface area contributed by atoms with Gasteiger partial charge in [0.05, 0.1) is 6.26 Å². The molecule has 1 atom stereocenters. The van der Waals surface area contributed by atoms with Gasteiger partial charge in [-0.3, -0.25) is 29.3 Å². The molecule has 0 radical (unpaired) electrons. The molecule has 2 saturated heterocycles. The topological polar surface area (TPSA) is 116 Å². The van der Waals surface area contributed by atoms with Crippen molar-refractivity contribution in [1.29, 1.82) is 0 Å². The molecule has 2 fully saturated rings. The van der Waals surface area contributed by atoms with E-state index in [1.807, 2.05) is 12.1 Å². The third-order valence-corrected chi connectivity index (χ3v) is 7.95. The molecule has 1 unspecified atom stereocenters. The quantitative estimate of drug-likeness (QED) is 0.556. The molecule has 9 nitrogen and oxygen atoms in total. The minimum absolute atomic E-state index is 0.0940. The van der Waals surface area contributed by atoms with Gasteiger partial charge in [-0.1, -0.05) is 12.1 Å². The number of halogens is 1. The fraction of sp³-hybridized carbons (Fsp3) is 0.423. The molecule has 5 rings (SSSR count). The zero-order valence-electron chi connectivity index (χ0n) is 20.5. The summed E-state index contributed by atoms with van der Waals surface area (Å²) in [4.78, 5) is 40.8. The molecule has 0 saturated carbocycles. The van der Waals surface area contributed by atoms with E-state index in [-0.39, 0.29) is 37.1 Å². The number of likely N-dealkylation sites (tertiary alicyclic amines) is 1. The Balaban J connectivity index is 1.25. The molecule has 0 aliphatic carbocycles. The number of imide groups is 1. The van der Waals surface area contributed by atoms with Crippen LogP contribution in [0.15, 0.2) is 36.4 Å². The average Bonchev–Trinajstić information content (AvgIpc) is 3.15. The normalized spacial score (nSPS) is 21.2. The van der Waals surface area contributed by atoms with Crippen molar-refractivity contribution in [1.82, 2.24) is 15.1 Å². The molecule has 37 heavy (non-hydrogen) atoms. The number of benzene rings is 2. The van der Waals surface area contributed by atoms with Gasteiger partial charge in [0.25, 0.3) is 5.91 Å². The summed E-state index contributed by atoms with van der Waals surface area (Å²) >= 11 is 0. The van der Waals surface area contributed by atoms with Crippen molar-refractivity contribution < 1.29 is 27.2 Å². The van der Waals surface area contributed by atoms with Crippen LogP contribution >= 0.6 is 0 Å². The Morgan fingerprint density at radius 3 is 2.41 bits per heavy atom. The van der Waals surface area contributed by atoms with E-state index in [0.29, 0.717) is 11.3 Å². The van der Waals surface area contributed by atoms with E-state index in [9.17, 15) is 27.2 Å². The molecule has 0 aromatic heterocycles. The van der Waals surface area contributed by atoms with Gasteiger partial charge in [-0.05, 0) is 79.2 Å². The summed E-state index contributed by atoms with van der Waals surface area (Å²) in [7, 11) is -3.32. The van der Waals surface area contributed by atoms with Gasteiger partial charge in [0.15, 0.2) is 0 Å². The zero-order valence-corrected chi connectivity index (χ0v) is 21.3. The van der Waals surface area contributed by atoms with Crippen molar-refractivity contribution in [3.63, 3.8) is 0 Å². The first-order valence-corrected chi connectivity index (χ1v) is 14.2. The Morgan fingerprint density at radius 1 is 1.05 bits per heavy atom.